The summed E-state index contributed by atoms with van der Waals surface area (Å²) in [6.45, 7) is 1.05. The van der Waals surface area contributed by atoms with Crippen molar-refractivity contribution >= 4 is 21.4 Å². The van der Waals surface area contributed by atoms with E-state index in [1.165, 1.54) is 35.8 Å². The molecular formula is C16H19NOS. The molecule has 3 heteroatoms. The summed E-state index contributed by atoms with van der Waals surface area (Å²) >= 11 is 1.96. The van der Waals surface area contributed by atoms with Crippen LogP contribution in [-0.2, 0) is 6.54 Å². The van der Waals surface area contributed by atoms with Crippen molar-refractivity contribution in [2.24, 2.45) is 0 Å². The minimum atomic E-state index is 0.784. The van der Waals surface area contributed by atoms with Gasteiger partial charge in [0.1, 0.15) is 5.75 Å². The number of benzene rings is 1. The first-order valence-electron chi connectivity index (χ1n) is 7.18. The van der Waals surface area contributed by atoms with Crippen LogP contribution in [0.25, 0.3) is 10.1 Å². The van der Waals surface area contributed by atoms with Crippen molar-refractivity contribution in [3.8, 4) is 5.75 Å². The monoisotopic (exact) mass is 273 g/mol. The SMILES string of the molecule is COc1ccc2sc(CNC3CC3)c(C3CC3)c2c1. The Balaban J connectivity index is 1.75. The topological polar surface area (TPSA) is 21.3 Å². The van der Waals surface area contributed by atoms with Gasteiger partial charge in [0, 0.05) is 22.2 Å². The van der Waals surface area contributed by atoms with Gasteiger partial charge in [0.25, 0.3) is 0 Å². The molecule has 0 saturated heterocycles. The maximum absolute atomic E-state index is 5.38. The third-order valence-electron chi connectivity index (χ3n) is 4.12. The van der Waals surface area contributed by atoms with Crippen molar-refractivity contribution in [2.75, 3.05) is 7.11 Å². The van der Waals surface area contributed by atoms with Gasteiger partial charge < -0.3 is 10.1 Å². The van der Waals surface area contributed by atoms with Crippen LogP contribution in [-0.4, -0.2) is 13.2 Å². The molecule has 0 spiro atoms. The summed E-state index contributed by atoms with van der Waals surface area (Å²) in [4.78, 5) is 1.55. The average Bonchev–Trinajstić information content (AvgIpc) is 3.33. The van der Waals surface area contributed by atoms with Crippen LogP contribution in [0.3, 0.4) is 0 Å². The van der Waals surface area contributed by atoms with Gasteiger partial charge in [0.15, 0.2) is 0 Å². The molecule has 0 bridgehead atoms. The number of nitrogens with one attached hydrogen (secondary N) is 1. The Morgan fingerprint density at radius 3 is 2.79 bits per heavy atom. The molecular weight excluding hydrogens is 254 g/mol. The molecule has 2 aliphatic rings. The molecule has 0 aliphatic heterocycles. The van der Waals surface area contributed by atoms with Crippen molar-refractivity contribution in [2.45, 2.75) is 44.2 Å². The number of thiophene rings is 1. The Bertz CT molecular complexity index is 610. The number of rotatable bonds is 5. The molecule has 0 amide bonds. The third kappa shape index (κ3) is 2.26. The van der Waals surface area contributed by atoms with Crippen LogP contribution in [0, 0.1) is 0 Å². The predicted molar refractivity (Wildman–Crippen MR) is 80.2 cm³/mol. The lowest BCUT2D eigenvalue weighted by molar-refractivity contribution is 0.415. The Morgan fingerprint density at radius 2 is 2.11 bits per heavy atom. The van der Waals surface area contributed by atoms with Crippen molar-refractivity contribution in [1.82, 2.24) is 5.32 Å². The van der Waals surface area contributed by atoms with Crippen LogP contribution in [0.1, 0.15) is 42.0 Å². The first-order chi connectivity index (χ1) is 9.35. The first kappa shape index (κ1) is 11.7. The van der Waals surface area contributed by atoms with E-state index in [9.17, 15) is 0 Å². The molecule has 1 heterocycles. The zero-order chi connectivity index (χ0) is 12.8. The molecule has 0 atom stereocenters. The molecule has 0 radical (unpaired) electrons. The molecule has 1 aromatic carbocycles. The summed E-state index contributed by atoms with van der Waals surface area (Å²) in [7, 11) is 1.75. The van der Waals surface area contributed by atoms with Gasteiger partial charge in [-0.3, -0.25) is 0 Å². The van der Waals surface area contributed by atoms with Crippen LogP contribution >= 0.6 is 11.3 Å². The highest BCUT2D eigenvalue weighted by Gasteiger charge is 2.30. The van der Waals surface area contributed by atoms with Crippen molar-refractivity contribution in [3.05, 3.63) is 28.6 Å². The lowest BCUT2D eigenvalue weighted by atomic mass is 10.1. The maximum atomic E-state index is 5.38. The fraction of sp³-hybridized carbons (Fsp3) is 0.500. The van der Waals surface area contributed by atoms with Gasteiger partial charge in [-0.05, 0) is 60.7 Å². The molecule has 2 fully saturated rings. The second-order valence-corrected chi connectivity index (χ2v) is 6.87. The number of ether oxygens (including phenoxy) is 1. The largest absolute Gasteiger partial charge is 0.497 e. The van der Waals surface area contributed by atoms with E-state index in [0.717, 1.165) is 24.3 Å². The zero-order valence-corrected chi connectivity index (χ0v) is 12.1. The highest BCUT2D eigenvalue weighted by molar-refractivity contribution is 7.19. The second kappa shape index (κ2) is 4.50. The normalized spacial score (nSPS) is 19.0. The van der Waals surface area contributed by atoms with Crippen LogP contribution in [0.5, 0.6) is 5.75 Å². The summed E-state index contributed by atoms with van der Waals surface area (Å²) in [5, 5.41) is 5.09. The van der Waals surface area contributed by atoms with E-state index in [1.54, 1.807) is 17.6 Å². The van der Waals surface area contributed by atoms with Gasteiger partial charge in [-0.2, -0.15) is 0 Å². The molecule has 100 valence electrons. The highest BCUT2D eigenvalue weighted by Crippen LogP contribution is 2.48. The van der Waals surface area contributed by atoms with Crippen molar-refractivity contribution in [3.63, 3.8) is 0 Å². The van der Waals surface area contributed by atoms with Crippen molar-refractivity contribution < 1.29 is 4.74 Å². The van der Waals surface area contributed by atoms with Gasteiger partial charge in [-0.25, -0.2) is 0 Å². The summed E-state index contributed by atoms with van der Waals surface area (Å²) in [6, 6.07) is 7.30. The third-order valence-corrected chi connectivity index (χ3v) is 5.31. The quantitative estimate of drug-likeness (QED) is 0.887. The lowest BCUT2D eigenvalue weighted by Gasteiger charge is -2.05. The van der Waals surface area contributed by atoms with E-state index in [0.29, 0.717) is 0 Å². The van der Waals surface area contributed by atoms with Crippen molar-refractivity contribution in [1.29, 1.82) is 0 Å². The summed E-state index contributed by atoms with van der Waals surface area (Å²) in [5.41, 5.74) is 1.60. The van der Waals surface area contributed by atoms with Gasteiger partial charge in [0.05, 0.1) is 7.11 Å². The Kier molecular flexibility index (Phi) is 2.78. The predicted octanol–water partition coefficient (Wildman–Crippen LogP) is 4.04. The standard InChI is InChI=1S/C16H19NOS/c1-18-12-6-7-14-13(8-12)16(10-2-3-10)15(19-14)9-17-11-4-5-11/h6-8,10-11,17H,2-5,9H2,1H3. The molecule has 0 unspecified atom stereocenters. The number of hydrogen-bond donors (Lipinski definition) is 1. The molecule has 2 aliphatic carbocycles. The minimum Gasteiger partial charge on any atom is -0.497 e. The molecule has 1 N–H and O–H groups in total. The lowest BCUT2D eigenvalue weighted by Crippen LogP contribution is -2.15. The van der Waals surface area contributed by atoms with E-state index in [4.69, 9.17) is 4.74 Å². The molecule has 19 heavy (non-hydrogen) atoms. The van der Waals surface area contributed by atoms with Crippen LogP contribution in [0.15, 0.2) is 18.2 Å². The molecule has 1 aromatic heterocycles. The number of hydrogen-bond acceptors (Lipinski definition) is 3. The Hall–Kier alpha value is -1.06. The fourth-order valence-electron chi connectivity index (χ4n) is 2.75. The summed E-state index contributed by atoms with van der Waals surface area (Å²) in [6.07, 6.45) is 5.44. The van der Waals surface area contributed by atoms with E-state index in [2.05, 4.69) is 23.5 Å². The number of fused-ring (bicyclic) bond motifs is 1. The molecule has 2 saturated carbocycles. The van der Waals surface area contributed by atoms with Crippen LogP contribution in [0.4, 0.5) is 0 Å². The van der Waals surface area contributed by atoms with Crippen LogP contribution in [0.2, 0.25) is 0 Å². The summed E-state index contributed by atoms with van der Waals surface area (Å²) < 4.78 is 6.80. The molecule has 2 nitrogen and oxygen atoms in total. The highest BCUT2D eigenvalue weighted by atomic mass is 32.1. The number of methoxy groups -OCH3 is 1. The fourth-order valence-corrected chi connectivity index (χ4v) is 3.97. The maximum Gasteiger partial charge on any atom is 0.119 e. The van der Waals surface area contributed by atoms with E-state index < -0.39 is 0 Å². The van der Waals surface area contributed by atoms with Gasteiger partial charge >= 0.3 is 0 Å². The Morgan fingerprint density at radius 1 is 1.26 bits per heavy atom. The van der Waals surface area contributed by atoms with E-state index in [-0.39, 0.29) is 0 Å². The van der Waals surface area contributed by atoms with E-state index >= 15 is 0 Å². The van der Waals surface area contributed by atoms with E-state index in [1.807, 2.05) is 11.3 Å². The van der Waals surface area contributed by atoms with Gasteiger partial charge in [-0.1, -0.05) is 0 Å². The van der Waals surface area contributed by atoms with Gasteiger partial charge in [-0.15, -0.1) is 11.3 Å². The molecule has 4 rings (SSSR count). The van der Waals surface area contributed by atoms with Gasteiger partial charge in [0.2, 0.25) is 0 Å². The smallest absolute Gasteiger partial charge is 0.119 e. The summed E-state index contributed by atoms with van der Waals surface area (Å²) in [5.74, 6) is 1.78. The second-order valence-electron chi connectivity index (χ2n) is 5.73. The Labute approximate surface area is 117 Å². The van der Waals surface area contributed by atoms with Crippen LogP contribution < -0.4 is 10.1 Å². The average molecular weight is 273 g/mol. The first-order valence-corrected chi connectivity index (χ1v) is 7.99. The minimum absolute atomic E-state index is 0.784. The zero-order valence-electron chi connectivity index (χ0n) is 11.2. The molecule has 2 aromatic rings.